The predicted molar refractivity (Wildman–Crippen MR) is 207 cm³/mol. The largest absolute Gasteiger partial charge is 0.374 e. The van der Waals surface area contributed by atoms with Crippen LogP contribution in [-0.2, 0) is 19.9 Å². The van der Waals surface area contributed by atoms with Crippen molar-refractivity contribution in [1.29, 1.82) is 0 Å². The molecular formula is C45H67NO3. The summed E-state index contributed by atoms with van der Waals surface area (Å²) in [4.78, 5) is 13.0. The number of benzene rings is 3. The van der Waals surface area contributed by atoms with Crippen LogP contribution in [-0.4, -0.2) is 31.8 Å². The van der Waals surface area contributed by atoms with Gasteiger partial charge in [-0.15, -0.1) is 0 Å². The van der Waals surface area contributed by atoms with E-state index in [9.17, 15) is 4.79 Å². The minimum Gasteiger partial charge on any atom is -0.374 e. The molecule has 3 rings (SSSR count). The van der Waals surface area contributed by atoms with E-state index in [4.69, 9.17) is 9.47 Å². The number of hydrogen-bond acceptors (Lipinski definition) is 3. The van der Waals surface area contributed by atoms with Crippen LogP contribution in [0.5, 0.6) is 0 Å². The van der Waals surface area contributed by atoms with Crippen LogP contribution in [0.3, 0.4) is 0 Å². The van der Waals surface area contributed by atoms with Crippen LogP contribution in [0.4, 0.5) is 0 Å². The second-order valence-electron chi connectivity index (χ2n) is 13.8. The highest BCUT2D eigenvalue weighted by Crippen LogP contribution is 2.40. The summed E-state index contributed by atoms with van der Waals surface area (Å²) in [5, 5.41) is 3.21. The Balaban J connectivity index is 1.62. The minimum atomic E-state index is -0.816. The number of carbonyl (C=O) groups excluding carboxylic acids is 1. The van der Waals surface area contributed by atoms with Gasteiger partial charge in [0.2, 0.25) is 5.91 Å². The van der Waals surface area contributed by atoms with Crippen molar-refractivity contribution in [3.8, 4) is 0 Å². The van der Waals surface area contributed by atoms with Gasteiger partial charge >= 0.3 is 0 Å². The van der Waals surface area contributed by atoms with Gasteiger partial charge in [-0.2, -0.15) is 0 Å². The van der Waals surface area contributed by atoms with Crippen molar-refractivity contribution < 1.29 is 14.3 Å². The summed E-state index contributed by atoms with van der Waals surface area (Å²) in [5.74, 6) is 0.111. The Hall–Kier alpha value is -2.95. The zero-order valence-corrected chi connectivity index (χ0v) is 31.0. The number of unbranched alkanes of at least 4 members (excludes halogenated alkanes) is 16. The van der Waals surface area contributed by atoms with E-state index in [0.717, 1.165) is 36.0 Å². The van der Waals surface area contributed by atoms with Crippen molar-refractivity contribution in [2.45, 2.75) is 148 Å². The van der Waals surface area contributed by atoms with Crippen molar-refractivity contribution in [3.05, 3.63) is 108 Å². The first kappa shape index (κ1) is 40.5. The molecule has 3 aromatic carbocycles. The lowest BCUT2D eigenvalue weighted by Gasteiger charge is -2.37. The van der Waals surface area contributed by atoms with Gasteiger partial charge in [-0.25, -0.2) is 0 Å². The Kier molecular flexibility index (Phi) is 21.4. The molecule has 0 saturated heterocycles. The zero-order chi connectivity index (χ0) is 34.7. The second kappa shape index (κ2) is 25.9. The molecule has 4 heteroatoms. The molecule has 0 aliphatic carbocycles. The summed E-state index contributed by atoms with van der Waals surface area (Å²) < 4.78 is 13.6. The molecule has 0 aliphatic rings. The third kappa shape index (κ3) is 15.6. The molecule has 49 heavy (non-hydrogen) atoms. The van der Waals surface area contributed by atoms with Gasteiger partial charge in [0.15, 0.2) is 0 Å². The maximum absolute atomic E-state index is 13.0. The summed E-state index contributed by atoms with van der Waals surface area (Å²) in [6, 6.07) is 31.4. The number of ether oxygens (including phenoxy) is 2. The molecular weight excluding hydrogens is 602 g/mol. The molecule has 0 spiro atoms. The first-order valence-electron chi connectivity index (χ1n) is 19.9. The molecule has 0 bridgehead atoms. The van der Waals surface area contributed by atoms with Crippen molar-refractivity contribution >= 4 is 5.91 Å². The highest BCUT2D eigenvalue weighted by molar-refractivity contribution is 5.75. The quantitative estimate of drug-likeness (QED) is 0.0591. The summed E-state index contributed by atoms with van der Waals surface area (Å²) in [7, 11) is 0. The van der Waals surface area contributed by atoms with E-state index >= 15 is 0 Å². The lowest BCUT2D eigenvalue weighted by Crippen LogP contribution is -2.41. The number of nitrogens with one attached hydrogen (secondary N) is 1. The van der Waals surface area contributed by atoms with Crippen molar-refractivity contribution in [1.82, 2.24) is 5.32 Å². The summed E-state index contributed by atoms with van der Waals surface area (Å²) >= 11 is 0. The van der Waals surface area contributed by atoms with Crippen molar-refractivity contribution in [3.63, 3.8) is 0 Å². The molecule has 1 atom stereocenters. The van der Waals surface area contributed by atoms with Gasteiger partial charge in [-0.1, -0.05) is 208 Å². The van der Waals surface area contributed by atoms with E-state index in [1.807, 2.05) is 18.2 Å². The van der Waals surface area contributed by atoms with Gasteiger partial charge in [0.25, 0.3) is 0 Å². The first-order valence-corrected chi connectivity index (χ1v) is 19.9. The fraction of sp³-hybridized carbons (Fsp3) is 0.578. The number of amides is 1. The predicted octanol–water partition coefficient (Wildman–Crippen LogP) is 11.9. The van der Waals surface area contributed by atoms with E-state index in [2.05, 4.69) is 92.0 Å². The Morgan fingerprint density at radius 1 is 0.551 bits per heavy atom. The number of hydrogen-bond donors (Lipinski definition) is 1. The van der Waals surface area contributed by atoms with Crippen molar-refractivity contribution in [2.75, 3.05) is 19.8 Å². The second-order valence-corrected chi connectivity index (χ2v) is 13.8. The van der Waals surface area contributed by atoms with Crippen LogP contribution >= 0.6 is 0 Å². The molecule has 1 N–H and O–H groups in total. The van der Waals surface area contributed by atoms with Crippen LogP contribution < -0.4 is 5.32 Å². The summed E-state index contributed by atoms with van der Waals surface area (Å²) in [6.07, 6.45) is 23.0. The number of rotatable bonds is 29. The molecule has 0 heterocycles. The van der Waals surface area contributed by atoms with E-state index in [-0.39, 0.29) is 12.0 Å². The third-order valence-electron chi connectivity index (χ3n) is 9.66. The molecule has 0 radical (unpaired) electrons. The molecule has 3 aromatic rings. The lowest BCUT2D eigenvalue weighted by atomic mass is 9.80. The molecule has 0 aliphatic heterocycles. The van der Waals surface area contributed by atoms with Gasteiger partial charge in [-0.3, -0.25) is 4.79 Å². The summed E-state index contributed by atoms with van der Waals surface area (Å²) in [6.45, 7) is 6.01. The first-order chi connectivity index (χ1) is 24.2. The van der Waals surface area contributed by atoms with Gasteiger partial charge in [0, 0.05) is 19.6 Å². The number of carbonyl (C=O) groups is 1. The van der Waals surface area contributed by atoms with Crippen LogP contribution in [0.1, 0.15) is 153 Å². The standard InChI is InChI=1S/C45H67NO3/c1-3-5-7-9-11-13-15-17-28-36-44(47)46-38-43(48-37-29-18-16-14-12-10-8-6-4-2)39-49-45(40-30-22-19-23-31-40,41-32-24-20-25-33-41)42-34-26-21-27-35-42/h19-27,30-35,43H,3-18,28-29,36-39H2,1-2H3,(H,46,47). The van der Waals surface area contributed by atoms with Gasteiger partial charge in [-0.05, 0) is 29.5 Å². The molecule has 1 amide bonds. The van der Waals surface area contributed by atoms with Crippen LogP contribution in [0.25, 0.3) is 0 Å². The zero-order valence-electron chi connectivity index (χ0n) is 31.0. The summed E-state index contributed by atoms with van der Waals surface area (Å²) in [5.41, 5.74) is 2.39. The van der Waals surface area contributed by atoms with Crippen LogP contribution in [0.15, 0.2) is 91.0 Å². The van der Waals surface area contributed by atoms with E-state index in [1.54, 1.807) is 0 Å². The van der Waals surface area contributed by atoms with Crippen molar-refractivity contribution in [2.24, 2.45) is 0 Å². The van der Waals surface area contributed by atoms with E-state index in [0.29, 0.717) is 26.2 Å². The average Bonchev–Trinajstić information content (AvgIpc) is 3.15. The highest BCUT2D eigenvalue weighted by atomic mass is 16.5. The Morgan fingerprint density at radius 2 is 0.939 bits per heavy atom. The topological polar surface area (TPSA) is 47.6 Å². The smallest absolute Gasteiger partial charge is 0.220 e. The SMILES string of the molecule is CCCCCCCCCCCOC(CNC(=O)CCCCCCCCCCC)COC(c1ccccc1)(c1ccccc1)c1ccccc1. The van der Waals surface area contributed by atoms with Crippen LogP contribution in [0, 0.1) is 0 Å². The van der Waals surface area contributed by atoms with Gasteiger partial charge in [0.05, 0.1) is 12.7 Å². The molecule has 0 fully saturated rings. The molecule has 0 aromatic heterocycles. The minimum absolute atomic E-state index is 0.111. The van der Waals surface area contributed by atoms with Crippen LogP contribution in [0.2, 0.25) is 0 Å². The third-order valence-corrected chi connectivity index (χ3v) is 9.66. The fourth-order valence-electron chi connectivity index (χ4n) is 6.73. The normalized spacial score (nSPS) is 12.2. The monoisotopic (exact) mass is 670 g/mol. The average molecular weight is 670 g/mol. The maximum Gasteiger partial charge on any atom is 0.220 e. The van der Waals surface area contributed by atoms with Gasteiger partial charge < -0.3 is 14.8 Å². The highest BCUT2D eigenvalue weighted by Gasteiger charge is 2.38. The Morgan fingerprint density at radius 3 is 1.37 bits per heavy atom. The molecule has 270 valence electrons. The van der Waals surface area contributed by atoms with Gasteiger partial charge in [0.1, 0.15) is 5.60 Å². The lowest BCUT2D eigenvalue weighted by molar-refractivity contribution is -0.122. The fourth-order valence-corrected chi connectivity index (χ4v) is 6.73. The Bertz CT molecular complexity index is 1100. The molecule has 0 saturated carbocycles. The maximum atomic E-state index is 13.0. The molecule has 4 nitrogen and oxygen atoms in total. The Labute approximate surface area is 299 Å². The van der Waals surface area contributed by atoms with E-state index < -0.39 is 5.60 Å². The van der Waals surface area contributed by atoms with E-state index in [1.165, 1.54) is 96.3 Å². The molecule has 1 unspecified atom stereocenters.